The lowest BCUT2D eigenvalue weighted by Gasteiger charge is -2.10. The number of imide groups is 1. The van der Waals surface area contributed by atoms with E-state index in [1.807, 2.05) is 47.0 Å². The molecule has 162 valence electrons. The first-order valence-electron chi connectivity index (χ1n) is 10.2. The van der Waals surface area contributed by atoms with Crippen molar-refractivity contribution in [1.29, 1.82) is 0 Å². The highest BCUT2D eigenvalue weighted by molar-refractivity contribution is 6.01. The molecule has 0 bridgehead atoms. The zero-order valence-corrected chi connectivity index (χ0v) is 19.2. The van der Waals surface area contributed by atoms with Crippen molar-refractivity contribution in [3.05, 3.63) is 23.8 Å². The summed E-state index contributed by atoms with van der Waals surface area (Å²) in [4.78, 5) is 45.0. The molecule has 1 saturated heterocycles. The van der Waals surface area contributed by atoms with Crippen molar-refractivity contribution >= 4 is 17.8 Å². The first-order chi connectivity index (χ1) is 13.4. The Morgan fingerprint density at radius 2 is 1.36 bits per heavy atom. The van der Waals surface area contributed by atoms with Crippen molar-refractivity contribution in [2.75, 3.05) is 0 Å². The maximum atomic E-state index is 10.9. The van der Waals surface area contributed by atoms with Gasteiger partial charge in [-0.3, -0.25) is 9.59 Å². The minimum atomic E-state index is -0.571. The molecule has 0 aromatic carbocycles. The van der Waals surface area contributed by atoms with Crippen molar-refractivity contribution in [1.82, 2.24) is 15.0 Å². The summed E-state index contributed by atoms with van der Waals surface area (Å²) in [5.74, 6) is -0.616. The van der Waals surface area contributed by atoms with Crippen LogP contribution in [0, 0.1) is 6.92 Å². The highest BCUT2D eigenvalue weighted by Gasteiger charge is 2.32. The van der Waals surface area contributed by atoms with Gasteiger partial charge >= 0.3 is 5.97 Å². The van der Waals surface area contributed by atoms with Crippen LogP contribution in [-0.2, 0) is 25.6 Å². The molecule has 0 saturated carbocycles. The van der Waals surface area contributed by atoms with Crippen LogP contribution in [0.4, 0.5) is 0 Å². The highest BCUT2D eigenvalue weighted by atomic mass is 16.7. The lowest BCUT2D eigenvalue weighted by Crippen LogP contribution is -2.31. The normalized spacial score (nSPS) is 11.4. The highest BCUT2D eigenvalue weighted by Crippen LogP contribution is 2.12. The third-order valence-electron chi connectivity index (χ3n) is 2.73. The van der Waals surface area contributed by atoms with Crippen molar-refractivity contribution in [2.24, 2.45) is 0 Å². The first kappa shape index (κ1) is 30.4. The van der Waals surface area contributed by atoms with Crippen LogP contribution in [0.15, 0.2) is 12.4 Å². The molecular formula is C21H39N3O4. The SMILES string of the molecule is CC.CC.CCC.CCC(=O)ON1C(=O)CCC1=O.CCc1cnc(C)nc1. The number of hydroxylamine groups is 2. The largest absolute Gasteiger partial charge is 0.332 e. The number of amides is 2. The zero-order valence-electron chi connectivity index (χ0n) is 19.2. The Bertz CT molecular complexity index is 515. The smallest absolute Gasteiger partial charge is 0.330 e. The predicted molar refractivity (Wildman–Crippen MR) is 112 cm³/mol. The molecule has 2 heterocycles. The second-order valence-corrected chi connectivity index (χ2v) is 5.10. The number of nitrogens with zero attached hydrogens (tertiary/aromatic N) is 3. The van der Waals surface area contributed by atoms with E-state index in [-0.39, 0.29) is 19.3 Å². The Morgan fingerprint density at radius 3 is 1.68 bits per heavy atom. The predicted octanol–water partition coefficient (Wildman–Crippen LogP) is 4.82. The topological polar surface area (TPSA) is 89.5 Å². The maximum absolute atomic E-state index is 10.9. The molecule has 1 aliphatic rings. The van der Waals surface area contributed by atoms with Crippen molar-refractivity contribution in [2.45, 2.75) is 94.4 Å². The van der Waals surface area contributed by atoms with Gasteiger partial charge in [-0.05, 0) is 18.9 Å². The minimum Gasteiger partial charge on any atom is -0.330 e. The summed E-state index contributed by atoms with van der Waals surface area (Å²) in [6.45, 7) is 17.8. The fraction of sp³-hybridized carbons (Fsp3) is 0.667. The van der Waals surface area contributed by atoms with Crippen LogP contribution < -0.4 is 0 Å². The number of carbonyl (C=O) groups excluding carboxylic acids is 3. The minimum absolute atomic E-state index is 0.135. The van der Waals surface area contributed by atoms with Crippen LogP contribution in [0.1, 0.15) is 92.5 Å². The second kappa shape index (κ2) is 21.0. The number of rotatable bonds is 3. The van der Waals surface area contributed by atoms with Gasteiger partial charge in [-0.25, -0.2) is 14.8 Å². The summed E-state index contributed by atoms with van der Waals surface area (Å²) < 4.78 is 0. The van der Waals surface area contributed by atoms with E-state index < -0.39 is 17.8 Å². The van der Waals surface area contributed by atoms with Gasteiger partial charge in [0.05, 0.1) is 0 Å². The molecule has 0 spiro atoms. The molecule has 28 heavy (non-hydrogen) atoms. The van der Waals surface area contributed by atoms with Gasteiger partial charge in [0.1, 0.15) is 5.82 Å². The lowest BCUT2D eigenvalue weighted by molar-refractivity contribution is -0.197. The summed E-state index contributed by atoms with van der Waals surface area (Å²) >= 11 is 0. The maximum Gasteiger partial charge on any atom is 0.332 e. The number of carbonyl (C=O) groups is 3. The van der Waals surface area contributed by atoms with E-state index in [0.717, 1.165) is 12.2 Å². The molecule has 1 aromatic rings. The van der Waals surface area contributed by atoms with Crippen molar-refractivity contribution < 1.29 is 19.2 Å². The van der Waals surface area contributed by atoms with E-state index in [1.54, 1.807) is 6.92 Å². The molecule has 1 aliphatic heterocycles. The molecule has 0 radical (unpaired) electrons. The average Bonchev–Trinajstić information content (AvgIpc) is 3.04. The van der Waals surface area contributed by atoms with Crippen LogP contribution in [0.3, 0.4) is 0 Å². The van der Waals surface area contributed by atoms with Crippen molar-refractivity contribution in [3.8, 4) is 0 Å². The van der Waals surface area contributed by atoms with Crippen molar-refractivity contribution in [3.63, 3.8) is 0 Å². The Labute approximate surface area is 170 Å². The van der Waals surface area contributed by atoms with Gasteiger partial charge in [0, 0.05) is 31.7 Å². The summed E-state index contributed by atoms with van der Waals surface area (Å²) in [5.41, 5.74) is 1.20. The Balaban J connectivity index is -0.000000345. The molecule has 2 amide bonds. The monoisotopic (exact) mass is 397 g/mol. The Kier molecular flexibility index (Phi) is 22.8. The van der Waals surface area contributed by atoms with Crippen LogP contribution in [0.25, 0.3) is 0 Å². The quantitative estimate of drug-likeness (QED) is 0.679. The summed E-state index contributed by atoms with van der Waals surface area (Å²) in [5, 5.41) is 0.547. The first-order valence-corrected chi connectivity index (χ1v) is 10.2. The number of hydrogen-bond acceptors (Lipinski definition) is 6. The summed E-state index contributed by atoms with van der Waals surface area (Å²) in [6, 6.07) is 0. The van der Waals surface area contributed by atoms with E-state index in [9.17, 15) is 14.4 Å². The molecule has 1 fully saturated rings. The number of hydrogen-bond donors (Lipinski definition) is 0. The van der Waals surface area contributed by atoms with Crippen LogP contribution in [-0.4, -0.2) is 32.8 Å². The van der Waals surface area contributed by atoms with E-state index in [4.69, 9.17) is 0 Å². The molecule has 1 aromatic heterocycles. The van der Waals surface area contributed by atoms with E-state index in [0.29, 0.717) is 5.06 Å². The van der Waals surface area contributed by atoms with Gasteiger partial charge in [0.25, 0.3) is 11.8 Å². The standard InChI is InChI=1S/C7H10N2.C7H9NO4.C3H8.2C2H6/c1-3-7-4-8-6(2)9-5-7;1-2-7(11)12-8-5(9)3-4-6(8)10;1-3-2;2*1-2/h4-5H,3H2,1-2H3;2-4H2,1H3;3H2,1-2H3;2*1-2H3. The number of aryl methyl sites for hydroxylation is 2. The van der Waals surface area contributed by atoms with Gasteiger partial charge in [-0.1, -0.05) is 61.8 Å². The van der Waals surface area contributed by atoms with E-state index in [1.165, 1.54) is 12.0 Å². The van der Waals surface area contributed by atoms with Crippen LogP contribution in [0.5, 0.6) is 0 Å². The average molecular weight is 398 g/mol. The summed E-state index contributed by atoms with van der Waals surface area (Å²) in [7, 11) is 0. The third-order valence-corrected chi connectivity index (χ3v) is 2.73. The third kappa shape index (κ3) is 14.8. The fourth-order valence-electron chi connectivity index (χ4n) is 1.43. The van der Waals surface area contributed by atoms with E-state index in [2.05, 4.69) is 35.6 Å². The molecule has 7 heteroatoms. The second-order valence-electron chi connectivity index (χ2n) is 5.10. The number of aromatic nitrogens is 2. The molecule has 7 nitrogen and oxygen atoms in total. The molecule has 0 aliphatic carbocycles. The molecule has 2 rings (SSSR count). The van der Waals surface area contributed by atoms with Gasteiger partial charge in [-0.15, -0.1) is 5.06 Å². The Morgan fingerprint density at radius 1 is 0.964 bits per heavy atom. The van der Waals surface area contributed by atoms with Gasteiger partial charge < -0.3 is 4.84 Å². The molecule has 0 unspecified atom stereocenters. The molecule has 0 N–H and O–H groups in total. The molecular weight excluding hydrogens is 358 g/mol. The van der Waals surface area contributed by atoms with Gasteiger partial charge in [0.15, 0.2) is 0 Å². The zero-order chi connectivity index (χ0) is 22.5. The van der Waals surface area contributed by atoms with E-state index >= 15 is 0 Å². The Hall–Kier alpha value is -2.31. The van der Waals surface area contributed by atoms with Gasteiger partial charge in [0.2, 0.25) is 0 Å². The molecule has 0 atom stereocenters. The fourth-order valence-corrected chi connectivity index (χ4v) is 1.43. The van der Waals surface area contributed by atoms with Crippen LogP contribution >= 0.6 is 0 Å². The lowest BCUT2D eigenvalue weighted by atomic mass is 10.3. The van der Waals surface area contributed by atoms with Crippen LogP contribution in [0.2, 0.25) is 0 Å². The summed E-state index contributed by atoms with van der Waals surface area (Å²) in [6.07, 6.45) is 6.41. The van der Waals surface area contributed by atoms with Gasteiger partial charge in [-0.2, -0.15) is 0 Å².